The van der Waals surface area contributed by atoms with E-state index in [9.17, 15) is 4.39 Å². The first-order chi connectivity index (χ1) is 8.22. The molecule has 90 valence electrons. The molecule has 1 aromatic heterocycles. The highest BCUT2D eigenvalue weighted by atomic mass is 19.1. The summed E-state index contributed by atoms with van der Waals surface area (Å²) in [6.07, 6.45) is 3.11. The summed E-state index contributed by atoms with van der Waals surface area (Å²) in [5.41, 5.74) is 7.26. The van der Waals surface area contributed by atoms with Crippen molar-refractivity contribution in [2.24, 2.45) is 12.8 Å². The van der Waals surface area contributed by atoms with Gasteiger partial charge in [0.25, 0.3) is 0 Å². The summed E-state index contributed by atoms with van der Waals surface area (Å²) in [5, 5.41) is 0. The Bertz CT molecular complexity index is 505. The molecule has 0 aliphatic carbocycles. The van der Waals surface area contributed by atoms with E-state index in [2.05, 4.69) is 4.98 Å². The fraction of sp³-hybridized carbons (Fsp3) is 0.308. The molecular weight excluding hydrogens is 217 g/mol. The van der Waals surface area contributed by atoms with Gasteiger partial charge in [0.1, 0.15) is 11.6 Å². The van der Waals surface area contributed by atoms with E-state index in [1.165, 1.54) is 6.07 Å². The standard InChI is InChI=1S/C13H16FN3/c1-17-11(6-7-15)9-16-13(17)8-10-4-2-3-5-12(10)14/h2-5,9H,6-8,15H2,1H3. The number of benzene rings is 1. The number of rotatable bonds is 4. The SMILES string of the molecule is Cn1c(CCN)cnc1Cc1ccccc1F. The fourth-order valence-electron chi connectivity index (χ4n) is 1.84. The monoisotopic (exact) mass is 233 g/mol. The van der Waals surface area contributed by atoms with Gasteiger partial charge in [0.2, 0.25) is 0 Å². The average molecular weight is 233 g/mol. The molecular formula is C13H16FN3. The minimum Gasteiger partial charge on any atom is -0.335 e. The number of hydrogen-bond acceptors (Lipinski definition) is 2. The van der Waals surface area contributed by atoms with Crippen LogP contribution in [0.3, 0.4) is 0 Å². The van der Waals surface area contributed by atoms with Gasteiger partial charge in [-0.15, -0.1) is 0 Å². The third-order valence-electron chi connectivity index (χ3n) is 2.89. The lowest BCUT2D eigenvalue weighted by Crippen LogP contribution is -2.08. The van der Waals surface area contributed by atoms with Crippen LogP contribution in [0.2, 0.25) is 0 Å². The first kappa shape index (κ1) is 11.8. The molecule has 1 aromatic carbocycles. The molecule has 0 spiro atoms. The van der Waals surface area contributed by atoms with E-state index in [1.54, 1.807) is 12.1 Å². The fourth-order valence-corrected chi connectivity index (χ4v) is 1.84. The van der Waals surface area contributed by atoms with E-state index in [4.69, 9.17) is 5.73 Å². The van der Waals surface area contributed by atoms with Crippen LogP contribution in [0.15, 0.2) is 30.5 Å². The number of aromatic nitrogens is 2. The molecule has 0 fully saturated rings. The molecule has 0 bridgehead atoms. The van der Waals surface area contributed by atoms with Crippen LogP contribution >= 0.6 is 0 Å². The summed E-state index contributed by atoms with van der Waals surface area (Å²) in [4.78, 5) is 4.31. The molecule has 0 amide bonds. The molecule has 0 atom stereocenters. The van der Waals surface area contributed by atoms with E-state index < -0.39 is 0 Å². The van der Waals surface area contributed by atoms with Crippen LogP contribution in [0.5, 0.6) is 0 Å². The first-order valence-electron chi connectivity index (χ1n) is 5.65. The maximum Gasteiger partial charge on any atom is 0.126 e. The van der Waals surface area contributed by atoms with Gasteiger partial charge >= 0.3 is 0 Å². The van der Waals surface area contributed by atoms with Crippen LogP contribution < -0.4 is 5.73 Å². The molecule has 4 heteroatoms. The van der Waals surface area contributed by atoms with E-state index in [0.29, 0.717) is 18.5 Å². The zero-order valence-electron chi connectivity index (χ0n) is 9.86. The van der Waals surface area contributed by atoms with Crippen molar-refractivity contribution >= 4 is 0 Å². The van der Waals surface area contributed by atoms with Crippen molar-refractivity contribution in [3.8, 4) is 0 Å². The van der Waals surface area contributed by atoms with Crippen LogP contribution in [0.1, 0.15) is 17.1 Å². The van der Waals surface area contributed by atoms with Crippen LogP contribution in [-0.2, 0) is 19.9 Å². The molecule has 3 nitrogen and oxygen atoms in total. The predicted molar refractivity (Wildman–Crippen MR) is 65.2 cm³/mol. The molecule has 2 aromatic rings. The Morgan fingerprint density at radius 2 is 2.12 bits per heavy atom. The second-order valence-corrected chi connectivity index (χ2v) is 4.03. The smallest absolute Gasteiger partial charge is 0.126 e. The van der Waals surface area contributed by atoms with Crippen LogP contribution in [-0.4, -0.2) is 16.1 Å². The van der Waals surface area contributed by atoms with Gasteiger partial charge in [0.15, 0.2) is 0 Å². The summed E-state index contributed by atoms with van der Waals surface area (Å²) >= 11 is 0. The van der Waals surface area contributed by atoms with Gasteiger partial charge < -0.3 is 10.3 Å². The van der Waals surface area contributed by atoms with Crippen molar-refractivity contribution < 1.29 is 4.39 Å². The van der Waals surface area contributed by atoms with Crippen molar-refractivity contribution in [3.63, 3.8) is 0 Å². The molecule has 0 saturated carbocycles. The highest BCUT2D eigenvalue weighted by Gasteiger charge is 2.09. The number of imidazole rings is 1. The lowest BCUT2D eigenvalue weighted by molar-refractivity contribution is 0.609. The molecule has 0 radical (unpaired) electrons. The molecule has 2 N–H and O–H groups in total. The molecule has 1 heterocycles. The van der Waals surface area contributed by atoms with Crippen molar-refractivity contribution in [1.82, 2.24) is 9.55 Å². The van der Waals surface area contributed by atoms with Crippen molar-refractivity contribution in [1.29, 1.82) is 0 Å². The van der Waals surface area contributed by atoms with E-state index in [-0.39, 0.29) is 5.82 Å². The molecule has 2 rings (SSSR count). The molecule has 0 unspecified atom stereocenters. The van der Waals surface area contributed by atoms with Crippen molar-refractivity contribution in [2.45, 2.75) is 12.8 Å². The summed E-state index contributed by atoms with van der Waals surface area (Å²) in [5.74, 6) is 0.675. The van der Waals surface area contributed by atoms with E-state index in [0.717, 1.165) is 17.9 Å². The van der Waals surface area contributed by atoms with Crippen LogP contribution in [0.4, 0.5) is 4.39 Å². The Morgan fingerprint density at radius 1 is 1.35 bits per heavy atom. The van der Waals surface area contributed by atoms with Gasteiger partial charge in [-0.1, -0.05) is 18.2 Å². The van der Waals surface area contributed by atoms with Crippen LogP contribution in [0.25, 0.3) is 0 Å². The highest BCUT2D eigenvalue weighted by Crippen LogP contribution is 2.13. The molecule has 0 saturated heterocycles. The number of nitrogens with two attached hydrogens (primary N) is 1. The Hall–Kier alpha value is -1.68. The maximum absolute atomic E-state index is 13.5. The number of hydrogen-bond donors (Lipinski definition) is 1. The average Bonchev–Trinajstić information content (AvgIpc) is 2.65. The minimum atomic E-state index is -0.184. The van der Waals surface area contributed by atoms with E-state index in [1.807, 2.05) is 23.9 Å². The van der Waals surface area contributed by atoms with Gasteiger partial charge in [-0.05, 0) is 18.2 Å². The zero-order valence-corrected chi connectivity index (χ0v) is 9.86. The van der Waals surface area contributed by atoms with Crippen LogP contribution in [0, 0.1) is 5.82 Å². The van der Waals surface area contributed by atoms with E-state index >= 15 is 0 Å². The lowest BCUT2D eigenvalue weighted by Gasteiger charge is -2.06. The Labute approximate surface area is 100 Å². The topological polar surface area (TPSA) is 43.8 Å². The highest BCUT2D eigenvalue weighted by molar-refractivity contribution is 5.22. The summed E-state index contributed by atoms with van der Waals surface area (Å²) < 4.78 is 15.5. The van der Waals surface area contributed by atoms with Gasteiger partial charge in [0.05, 0.1) is 0 Å². The van der Waals surface area contributed by atoms with Crippen molar-refractivity contribution in [2.75, 3.05) is 6.54 Å². The largest absolute Gasteiger partial charge is 0.335 e. The second kappa shape index (κ2) is 5.10. The molecule has 17 heavy (non-hydrogen) atoms. The third kappa shape index (κ3) is 2.53. The van der Waals surface area contributed by atoms with Crippen molar-refractivity contribution in [3.05, 3.63) is 53.4 Å². The molecule has 0 aliphatic heterocycles. The normalized spacial score (nSPS) is 10.8. The number of nitrogens with zero attached hydrogens (tertiary/aromatic N) is 2. The summed E-state index contributed by atoms with van der Waals surface area (Å²) in [6, 6.07) is 6.78. The number of halogens is 1. The van der Waals surface area contributed by atoms with Gasteiger partial charge in [-0.3, -0.25) is 0 Å². The Morgan fingerprint density at radius 3 is 2.82 bits per heavy atom. The summed E-state index contributed by atoms with van der Waals surface area (Å²) in [7, 11) is 1.94. The second-order valence-electron chi connectivity index (χ2n) is 4.03. The first-order valence-corrected chi connectivity index (χ1v) is 5.65. The van der Waals surface area contributed by atoms with Gasteiger partial charge in [-0.25, -0.2) is 9.37 Å². The Balaban J connectivity index is 2.22. The lowest BCUT2D eigenvalue weighted by atomic mass is 10.1. The Kier molecular flexibility index (Phi) is 3.54. The predicted octanol–water partition coefficient (Wildman–Crippen LogP) is 1.65. The minimum absolute atomic E-state index is 0.184. The quantitative estimate of drug-likeness (QED) is 0.872. The molecule has 0 aliphatic rings. The van der Waals surface area contributed by atoms with Gasteiger partial charge in [0, 0.05) is 31.8 Å². The maximum atomic E-state index is 13.5. The third-order valence-corrected chi connectivity index (χ3v) is 2.89. The van der Waals surface area contributed by atoms with Gasteiger partial charge in [-0.2, -0.15) is 0 Å². The zero-order chi connectivity index (χ0) is 12.3. The summed E-state index contributed by atoms with van der Waals surface area (Å²) in [6.45, 7) is 0.596.